The zero-order valence-corrected chi connectivity index (χ0v) is 15.0. The lowest BCUT2D eigenvalue weighted by molar-refractivity contribution is 0.0108. The molecule has 0 saturated carbocycles. The van der Waals surface area contributed by atoms with Crippen LogP contribution in [-0.4, -0.2) is 52.7 Å². The molecule has 0 aromatic carbocycles. The molecule has 1 atom stereocenters. The van der Waals surface area contributed by atoms with Gasteiger partial charge in [-0.1, -0.05) is 0 Å². The summed E-state index contributed by atoms with van der Waals surface area (Å²) in [5, 5.41) is 0.224. The summed E-state index contributed by atoms with van der Waals surface area (Å²) in [6, 6.07) is 1.92. The fourth-order valence-corrected chi connectivity index (χ4v) is 2.84. The van der Waals surface area contributed by atoms with Crippen molar-refractivity contribution in [1.82, 2.24) is 14.9 Å². The zero-order valence-electron chi connectivity index (χ0n) is 14.3. The standard InChI is InChI=1S/C16H25ClN4O2/c1-16(2,3)23-15(22)21-10-6-5-7-12(21)11-20(4)13-8-9-18-14(17)19-13/h8-9,12H,5-7,10-11H2,1-4H3/t12-/m1/s1. The lowest BCUT2D eigenvalue weighted by atomic mass is 10.0. The number of halogens is 1. The van der Waals surface area contributed by atoms with Crippen molar-refractivity contribution >= 4 is 23.5 Å². The topological polar surface area (TPSA) is 58.6 Å². The minimum absolute atomic E-state index is 0.109. The maximum atomic E-state index is 12.4. The zero-order chi connectivity index (χ0) is 17.0. The molecule has 1 saturated heterocycles. The quantitative estimate of drug-likeness (QED) is 0.790. The Hall–Kier alpha value is -1.56. The van der Waals surface area contributed by atoms with Crippen LogP contribution in [0.1, 0.15) is 40.0 Å². The minimum atomic E-state index is -0.481. The summed E-state index contributed by atoms with van der Waals surface area (Å²) in [6.45, 7) is 7.08. The van der Waals surface area contributed by atoms with E-state index in [2.05, 4.69) is 9.97 Å². The number of likely N-dealkylation sites (tertiary alicyclic amines) is 1. The molecule has 1 aliphatic rings. The molecule has 128 valence electrons. The maximum Gasteiger partial charge on any atom is 0.410 e. The van der Waals surface area contributed by atoms with E-state index in [0.29, 0.717) is 6.54 Å². The number of aromatic nitrogens is 2. The van der Waals surface area contributed by atoms with Crippen LogP contribution in [0.3, 0.4) is 0 Å². The van der Waals surface area contributed by atoms with Crippen molar-refractivity contribution in [2.24, 2.45) is 0 Å². The van der Waals surface area contributed by atoms with Crippen molar-refractivity contribution in [3.8, 4) is 0 Å². The second-order valence-electron chi connectivity index (χ2n) is 6.89. The number of carbonyl (C=O) groups is 1. The molecule has 1 aliphatic heterocycles. The van der Waals surface area contributed by atoms with Crippen LogP contribution in [0.2, 0.25) is 5.28 Å². The van der Waals surface area contributed by atoms with Crippen LogP contribution in [0, 0.1) is 0 Å². The van der Waals surface area contributed by atoms with Gasteiger partial charge in [0.1, 0.15) is 11.4 Å². The van der Waals surface area contributed by atoms with Crippen LogP contribution >= 0.6 is 11.6 Å². The molecular weight excluding hydrogens is 316 g/mol. The summed E-state index contributed by atoms with van der Waals surface area (Å²) in [5.74, 6) is 0.750. The summed E-state index contributed by atoms with van der Waals surface area (Å²) >= 11 is 5.85. The van der Waals surface area contributed by atoms with Crippen molar-refractivity contribution < 1.29 is 9.53 Å². The van der Waals surface area contributed by atoms with E-state index in [4.69, 9.17) is 16.3 Å². The van der Waals surface area contributed by atoms with Gasteiger partial charge in [-0.05, 0) is 57.7 Å². The highest BCUT2D eigenvalue weighted by atomic mass is 35.5. The number of ether oxygens (including phenoxy) is 1. The summed E-state index contributed by atoms with van der Waals surface area (Å²) in [6.07, 6.45) is 4.48. The Kier molecular flexibility index (Phi) is 5.68. The van der Waals surface area contributed by atoms with Crippen LogP contribution < -0.4 is 4.90 Å². The number of hydrogen-bond donors (Lipinski definition) is 0. The first-order valence-electron chi connectivity index (χ1n) is 7.95. The highest BCUT2D eigenvalue weighted by molar-refractivity contribution is 6.28. The Bertz CT molecular complexity index is 547. The number of amides is 1. The third-order valence-electron chi connectivity index (χ3n) is 3.74. The van der Waals surface area contributed by atoms with Gasteiger partial charge in [-0.3, -0.25) is 0 Å². The molecule has 0 radical (unpaired) electrons. The van der Waals surface area contributed by atoms with Gasteiger partial charge >= 0.3 is 6.09 Å². The van der Waals surface area contributed by atoms with Crippen molar-refractivity contribution in [3.63, 3.8) is 0 Å². The molecule has 7 heteroatoms. The Balaban J connectivity index is 2.05. The van der Waals surface area contributed by atoms with E-state index in [1.54, 1.807) is 6.20 Å². The van der Waals surface area contributed by atoms with Crippen molar-refractivity contribution in [2.45, 2.75) is 51.7 Å². The molecule has 0 bridgehead atoms. The fourth-order valence-electron chi connectivity index (χ4n) is 2.70. The number of carbonyl (C=O) groups excluding carboxylic acids is 1. The van der Waals surface area contributed by atoms with Crippen LogP contribution in [-0.2, 0) is 4.74 Å². The van der Waals surface area contributed by atoms with E-state index in [9.17, 15) is 4.79 Å². The third-order valence-corrected chi connectivity index (χ3v) is 3.92. The first-order chi connectivity index (χ1) is 10.8. The summed E-state index contributed by atoms with van der Waals surface area (Å²) in [5.41, 5.74) is -0.481. The van der Waals surface area contributed by atoms with Crippen molar-refractivity contribution in [2.75, 3.05) is 25.0 Å². The van der Waals surface area contributed by atoms with Gasteiger partial charge in [0.2, 0.25) is 5.28 Å². The molecule has 1 aromatic rings. The third kappa shape index (κ3) is 5.23. The van der Waals surface area contributed by atoms with E-state index in [0.717, 1.165) is 31.6 Å². The van der Waals surface area contributed by atoms with E-state index >= 15 is 0 Å². The summed E-state index contributed by atoms with van der Waals surface area (Å²) in [7, 11) is 1.94. The Labute approximate surface area is 142 Å². The van der Waals surface area contributed by atoms with Gasteiger partial charge in [0.05, 0.1) is 6.04 Å². The number of nitrogens with zero attached hydrogens (tertiary/aromatic N) is 4. The van der Waals surface area contributed by atoms with Crippen molar-refractivity contribution in [3.05, 3.63) is 17.5 Å². The second kappa shape index (κ2) is 7.34. The predicted octanol–water partition coefficient (Wildman–Crippen LogP) is 3.36. The molecule has 2 rings (SSSR count). The lowest BCUT2D eigenvalue weighted by Gasteiger charge is -2.38. The second-order valence-corrected chi connectivity index (χ2v) is 7.23. The van der Waals surface area contributed by atoms with Crippen LogP contribution in [0.25, 0.3) is 0 Å². The number of hydrogen-bond acceptors (Lipinski definition) is 5. The summed E-state index contributed by atoms with van der Waals surface area (Å²) in [4.78, 5) is 24.4. The Morgan fingerprint density at radius 1 is 1.48 bits per heavy atom. The van der Waals surface area contributed by atoms with Gasteiger partial charge in [0.15, 0.2) is 0 Å². The maximum absolute atomic E-state index is 12.4. The number of rotatable bonds is 3. The molecule has 0 spiro atoms. The highest BCUT2D eigenvalue weighted by Gasteiger charge is 2.31. The summed E-state index contributed by atoms with van der Waals surface area (Å²) < 4.78 is 5.54. The molecule has 0 N–H and O–H groups in total. The van der Waals surface area contributed by atoms with Crippen LogP contribution in [0.5, 0.6) is 0 Å². The normalized spacial score (nSPS) is 18.7. The lowest BCUT2D eigenvalue weighted by Crippen LogP contribution is -2.50. The predicted molar refractivity (Wildman–Crippen MR) is 90.9 cm³/mol. The van der Waals surface area contributed by atoms with E-state index in [1.165, 1.54) is 0 Å². The molecular formula is C16H25ClN4O2. The van der Waals surface area contributed by atoms with Crippen LogP contribution in [0.15, 0.2) is 12.3 Å². The van der Waals surface area contributed by atoms with Gasteiger partial charge in [-0.15, -0.1) is 0 Å². The molecule has 2 heterocycles. The van der Waals surface area contributed by atoms with Gasteiger partial charge in [0.25, 0.3) is 0 Å². The molecule has 1 amide bonds. The first-order valence-corrected chi connectivity index (χ1v) is 8.33. The first kappa shape index (κ1) is 17.8. The van der Waals surface area contributed by atoms with Gasteiger partial charge in [-0.25, -0.2) is 14.8 Å². The van der Waals surface area contributed by atoms with E-state index in [-0.39, 0.29) is 17.4 Å². The van der Waals surface area contributed by atoms with Crippen LogP contribution in [0.4, 0.5) is 10.6 Å². The minimum Gasteiger partial charge on any atom is -0.444 e. The largest absolute Gasteiger partial charge is 0.444 e. The molecule has 0 aliphatic carbocycles. The molecule has 6 nitrogen and oxygen atoms in total. The monoisotopic (exact) mass is 340 g/mol. The fraction of sp³-hybridized carbons (Fsp3) is 0.688. The molecule has 1 fully saturated rings. The van der Waals surface area contributed by atoms with Gasteiger partial charge in [0, 0.05) is 26.3 Å². The van der Waals surface area contributed by atoms with Gasteiger partial charge < -0.3 is 14.5 Å². The SMILES string of the molecule is CN(C[C@H]1CCCCN1C(=O)OC(C)(C)C)c1ccnc(Cl)n1. The van der Waals surface area contributed by atoms with E-state index < -0.39 is 5.60 Å². The molecule has 1 aromatic heterocycles. The molecule has 0 unspecified atom stereocenters. The molecule has 23 heavy (non-hydrogen) atoms. The highest BCUT2D eigenvalue weighted by Crippen LogP contribution is 2.22. The van der Waals surface area contributed by atoms with E-state index in [1.807, 2.05) is 43.7 Å². The number of anilines is 1. The average molecular weight is 341 g/mol. The average Bonchev–Trinajstić information content (AvgIpc) is 2.46. The Morgan fingerprint density at radius 3 is 2.87 bits per heavy atom. The number of likely N-dealkylation sites (N-methyl/N-ethyl adjacent to an activating group) is 1. The van der Waals surface area contributed by atoms with Crippen molar-refractivity contribution in [1.29, 1.82) is 0 Å². The number of piperidine rings is 1. The Morgan fingerprint density at radius 2 is 2.22 bits per heavy atom. The van der Waals surface area contributed by atoms with Gasteiger partial charge in [-0.2, -0.15) is 0 Å². The smallest absolute Gasteiger partial charge is 0.410 e.